The van der Waals surface area contributed by atoms with Crippen LogP contribution in [0.5, 0.6) is 0 Å². The summed E-state index contributed by atoms with van der Waals surface area (Å²) >= 11 is 0. The molecule has 0 saturated heterocycles. The number of rotatable bonds is 14. The van der Waals surface area contributed by atoms with Crippen molar-refractivity contribution in [1.29, 1.82) is 0 Å². The highest BCUT2D eigenvalue weighted by Crippen LogP contribution is 2.49. The number of hydrogen-bond donors (Lipinski definition) is 0. The van der Waals surface area contributed by atoms with E-state index in [0.717, 1.165) is 25.7 Å². The van der Waals surface area contributed by atoms with Gasteiger partial charge in [-0.2, -0.15) is 0 Å². The first kappa shape index (κ1) is 20.1. The zero-order valence-corrected chi connectivity index (χ0v) is 14.9. The van der Waals surface area contributed by atoms with Crippen LogP contribution in [-0.2, 0) is 13.6 Å². The zero-order chi connectivity index (χ0) is 15.3. The Bertz CT molecular complexity index is 256. The second kappa shape index (κ2) is 12.9. The monoisotopic (exact) mass is 306 g/mol. The Balaban J connectivity index is 4.17. The van der Waals surface area contributed by atoms with Gasteiger partial charge < -0.3 is 9.05 Å². The van der Waals surface area contributed by atoms with Crippen LogP contribution >= 0.6 is 7.60 Å². The van der Waals surface area contributed by atoms with E-state index in [0.29, 0.717) is 25.3 Å². The van der Waals surface area contributed by atoms with E-state index >= 15 is 0 Å². The largest absolute Gasteiger partial charge is 0.330 e. The minimum absolute atomic E-state index is 0.469. The summed E-state index contributed by atoms with van der Waals surface area (Å²) in [4.78, 5) is 0. The molecule has 0 spiro atoms. The minimum atomic E-state index is -2.86. The topological polar surface area (TPSA) is 35.5 Å². The highest BCUT2D eigenvalue weighted by Gasteiger charge is 2.24. The molecule has 0 aromatic heterocycles. The lowest BCUT2D eigenvalue weighted by molar-refractivity contribution is 0.176. The molecule has 0 radical (unpaired) electrons. The summed E-state index contributed by atoms with van der Waals surface area (Å²) < 4.78 is 23.8. The molecule has 122 valence electrons. The van der Waals surface area contributed by atoms with Gasteiger partial charge in [-0.25, -0.2) is 0 Å². The van der Waals surface area contributed by atoms with Crippen molar-refractivity contribution in [2.45, 2.75) is 79.1 Å². The van der Waals surface area contributed by atoms with E-state index in [2.05, 4.69) is 20.8 Å². The molecule has 0 aromatic rings. The predicted molar refractivity (Wildman–Crippen MR) is 87.5 cm³/mol. The van der Waals surface area contributed by atoms with Crippen LogP contribution in [0.1, 0.15) is 79.1 Å². The van der Waals surface area contributed by atoms with Gasteiger partial charge in [-0.15, -0.1) is 0 Å². The molecule has 0 amide bonds. The molecular weight excluding hydrogens is 271 g/mol. The van der Waals surface area contributed by atoms with Crippen molar-refractivity contribution in [1.82, 2.24) is 0 Å². The predicted octanol–water partition coefficient (Wildman–Crippen LogP) is 6.03. The lowest BCUT2D eigenvalue weighted by Gasteiger charge is -2.21. The van der Waals surface area contributed by atoms with Gasteiger partial charge in [0.25, 0.3) is 0 Å². The molecular formula is C16H35O3P. The van der Waals surface area contributed by atoms with Crippen LogP contribution in [-0.4, -0.2) is 19.4 Å². The van der Waals surface area contributed by atoms with Crippen LogP contribution < -0.4 is 0 Å². The molecule has 3 nitrogen and oxygen atoms in total. The van der Waals surface area contributed by atoms with Gasteiger partial charge in [0, 0.05) is 0 Å². The maximum atomic E-state index is 12.6. The van der Waals surface area contributed by atoms with E-state index in [4.69, 9.17) is 9.05 Å². The van der Waals surface area contributed by atoms with Crippen LogP contribution in [0, 0.1) is 5.92 Å². The molecule has 4 heteroatoms. The van der Waals surface area contributed by atoms with Crippen molar-refractivity contribution in [2.75, 3.05) is 19.4 Å². The summed E-state index contributed by atoms with van der Waals surface area (Å²) in [5.74, 6) is 0.513. The normalized spacial score (nSPS) is 16.0. The van der Waals surface area contributed by atoms with Gasteiger partial charge >= 0.3 is 7.60 Å². The first-order chi connectivity index (χ1) is 9.61. The van der Waals surface area contributed by atoms with Crippen molar-refractivity contribution in [3.05, 3.63) is 0 Å². The third-order valence-corrected chi connectivity index (χ3v) is 5.72. The molecule has 0 aromatic carbocycles. The summed E-state index contributed by atoms with van der Waals surface area (Å²) in [6, 6.07) is 0. The Morgan fingerprint density at radius 3 is 2.15 bits per heavy atom. The van der Waals surface area contributed by atoms with E-state index < -0.39 is 7.60 Å². The van der Waals surface area contributed by atoms with Gasteiger partial charge in [-0.05, 0) is 25.7 Å². The highest BCUT2D eigenvalue weighted by atomic mass is 31.2. The second-order valence-corrected chi connectivity index (χ2v) is 7.71. The quantitative estimate of drug-likeness (QED) is 0.290. The van der Waals surface area contributed by atoms with Crippen molar-refractivity contribution in [2.24, 2.45) is 5.92 Å². The van der Waals surface area contributed by atoms with Crippen molar-refractivity contribution >= 4 is 7.60 Å². The maximum absolute atomic E-state index is 12.6. The molecule has 0 rings (SSSR count). The summed E-state index contributed by atoms with van der Waals surface area (Å²) in [5, 5.41) is 0. The fourth-order valence-corrected chi connectivity index (χ4v) is 3.99. The van der Waals surface area contributed by atoms with E-state index in [1.54, 1.807) is 0 Å². The average Bonchev–Trinajstić information content (AvgIpc) is 2.44. The lowest BCUT2D eigenvalue weighted by atomic mass is 10.0. The van der Waals surface area contributed by atoms with Crippen LogP contribution in [0.25, 0.3) is 0 Å². The van der Waals surface area contributed by atoms with Gasteiger partial charge in [0.1, 0.15) is 0 Å². The van der Waals surface area contributed by atoms with Crippen molar-refractivity contribution in [3.63, 3.8) is 0 Å². The van der Waals surface area contributed by atoms with Crippen LogP contribution in [0.2, 0.25) is 0 Å². The van der Waals surface area contributed by atoms with E-state index in [9.17, 15) is 4.57 Å². The first-order valence-corrected chi connectivity index (χ1v) is 10.2. The average molecular weight is 306 g/mol. The Kier molecular flexibility index (Phi) is 13.0. The fourth-order valence-electron chi connectivity index (χ4n) is 2.21. The number of unbranched alkanes of at least 4 members (excludes halogenated alkanes) is 4. The molecule has 0 fully saturated rings. The Morgan fingerprint density at radius 2 is 1.60 bits per heavy atom. The summed E-state index contributed by atoms with van der Waals surface area (Å²) in [7, 11) is -2.86. The Hall–Kier alpha value is 0.150. The van der Waals surface area contributed by atoms with Gasteiger partial charge in [-0.3, -0.25) is 4.57 Å². The molecule has 2 atom stereocenters. The van der Waals surface area contributed by atoms with E-state index in [-0.39, 0.29) is 0 Å². The SMILES string of the molecule is CCCCCCP(=O)(OCC)OCC(CC)CCCC. The molecule has 2 unspecified atom stereocenters. The summed E-state index contributed by atoms with van der Waals surface area (Å²) in [6.07, 6.45) is 9.69. The van der Waals surface area contributed by atoms with Crippen LogP contribution in [0.15, 0.2) is 0 Å². The molecule has 0 bridgehead atoms. The van der Waals surface area contributed by atoms with Gasteiger partial charge in [0.05, 0.1) is 19.4 Å². The highest BCUT2D eigenvalue weighted by molar-refractivity contribution is 7.53. The summed E-state index contributed by atoms with van der Waals surface area (Å²) in [5.41, 5.74) is 0. The van der Waals surface area contributed by atoms with Crippen molar-refractivity contribution in [3.8, 4) is 0 Å². The first-order valence-electron chi connectivity index (χ1n) is 8.49. The third-order valence-electron chi connectivity index (χ3n) is 3.66. The van der Waals surface area contributed by atoms with Gasteiger partial charge in [0.2, 0.25) is 0 Å². The van der Waals surface area contributed by atoms with E-state index in [1.165, 1.54) is 25.7 Å². The molecule has 0 aliphatic carbocycles. The smallest absolute Gasteiger partial charge is 0.309 e. The van der Waals surface area contributed by atoms with E-state index in [1.807, 2.05) is 6.92 Å². The third kappa shape index (κ3) is 9.96. The second-order valence-electron chi connectivity index (χ2n) is 5.53. The molecule has 0 aliphatic rings. The van der Waals surface area contributed by atoms with Crippen LogP contribution in [0.4, 0.5) is 0 Å². The Labute approximate surface area is 126 Å². The summed E-state index contributed by atoms with van der Waals surface area (Å²) in [6.45, 7) is 9.50. The molecule has 20 heavy (non-hydrogen) atoms. The molecule has 0 heterocycles. The minimum Gasteiger partial charge on any atom is -0.309 e. The fraction of sp³-hybridized carbons (Fsp3) is 1.00. The molecule has 0 saturated carbocycles. The molecule has 0 N–H and O–H groups in total. The lowest BCUT2D eigenvalue weighted by Crippen LogP contribution is -2.10. The Morgan fingerprint density at radius 1 is 0.900 bits per heavy atom. The number of hydrogen-bond acceptors (Lipinski definition) is 3. The zero-order valence-electron chi connectivity index (χ0n) is 14.0. The van der Waals surface area contributed by atoms with Gasteiger partial charge in [-0.1, -0.05) is 59.3 Å². The van der Waals surface area contributed by atoms with Gasteiger partial charge in [0.15, 0.2) is 0 Å². The standard InChI is InChI=1S/C16H35O3P/c1-5-9-11-12-14-20(17,18-8-4)19-15-16(7-3)13-10-6-2/h16H,5-15H2,1-4H3. The van der Waals surface area contributed by atoms with Crippen molar-refractivity contribution < 1.29 is 13.6 Å². The molecule has 0 aliphatic heterocycles. The maximum Gasteiger partial charge on any atom is 0.330 e. The van der Waals surface area contributed by atoms with Crippen LogP contribution in [0.3, 0.4) is 0 Å².